The highest BCUT2D eigenvalue weighted by Crippen LogP contribution is 2.35. The summed E-state index contributed by atoms with van der Waals surface area (Å²) in [4.78, 5) is 7.72. The van der Waals surface area contributed by atoms with Gasteiger partial charge >= 0.3 is 0 Å². The molecule has 3 aromatic rings. The summed E-state index contributed by atoms with van der Waals surface area (Å²) in [5.74, 6) is 0.461. The fourth-order valence-electron chi connectivity index (χ4n) is 2.30. The average Bonchev–Trinajstić information content (AvgIpc) is 2.68. The lowest BCUT2D eigenvalue weighted by Crippen LogP contribution is -1.88. The zero-order valence-electron chi connectivity index (χ0n) is 9.79. The molecule has 3 heteroatoms. The summed E-state index contributed by atoms with van der Waals surface area (Å²) < 4.78 is 0. The smallest absolute Gasteiger partial charge is 0.138 e. The van der Waals surface area contributed by atoms with Crippen LogP contribution in [0.25, 0.3) is 21.9 Å². The molecule has 0 bridgehead atoms. The molecule has 86 valence electrons. The van der Waals surface area contributed by atoms with Crippen LogP contribution in [0.4, 0.5) is 0 Å². The number of aromatic amines is 1. The molecule has 0 aliphatic carbocycles. The molecule has 0 atom stereocenters. The highest BCUT2D eigenvalue weighted by atomic mass is 35.5. The zero-order chi connectivity index (χ0) is 12.0. The van der Waals surface area contributed by atoms with Crippen molar-refractivity contribution in [3.63, 3.8) is 0 Å². The maximum absolute atomic E-state index is 6.31. The molecule has 3 rings (SSSR count). The van der Waals surface area contributed by atoms with Gasteiger partial charge in [-0.25, -0.2) is 4.98 Å². The van der Waals surface area contributed by atoms with E-state index in [0.717, 1.165) is 27.0 Å². The van der Waals surface area contributed by atoms with E-state index in [-0.39, 0.29) is 0 Å². The molecule has 17 heavy (non-hydrogen) atoms. The molecule has 2 nitrogen and oxygen atoms in total. The predicted octanol–water partition coefficient (Wildman–Crippen LogP) is 4.49. The van der Waals surface area contributed by atoms with Crippen LogP contribution in [0.1, 0.15) is 25.3 Å². The minimum Gasteiger partial charge on any atom is -0.339 e. The molecule has 2 heterocycles. The summed E-state index contributed by atoms with van der Waals surface area (Å²) in [5.41, 5.74) is 3.29. The summed E-state index contributed by atoms with van der Waals surface area (Å²) in [6, 6.07) is 8.05. The van der Waals surface area contributed by atoms with Gasteiger partial charge in [-0.3, -0.25) is 0 Å². The Kier molecular flexibility index (Phi) is 2.33. The van der Waals surface area contributed by atoms with E-state index >= 15 is 0 Å². The summed E-state index contributed by atoms with van der Waals surface area (Å²) in [7, 11) is 0. The van der Waals surface area contributed by atoms with Crippen LogP contribution < -0.4 is 0 Å². The monoisotopic (exact) mass is 244 g/mol. The molecule has 0 spiro atoms. The van der Waals surface area contributed by atoms with E-state index in [2.05, 4.69) is 35.9 Å². The summed E-state index contributed by atoms with van der Waals surface area (Å²) in [6.07, 6.45) is 1.79. The van der Waals surface area contributed by atoms with Crippen molar-refractivity contribution in [1.29, 1.82) is 0 Å². The quantitative estimate of drug-likeness (QED) is 0.671. The fraction of sp³-hybridized carbons (Fsp3) is 0.214. The summed E-state index contributed by atoms with van der Waals surface area (Å²) in [6.45, 7) is 4.36. The Balaban J connectivity index is 2.54. The van der Waals surface area contributed by atoms with Gasteiger partial charge in [0.1, 0.15) is 5.65 Å². The van der Waals surface area contributed by atoms with Crippen LogP contribution in [0.3, 0.4) is 0 Å². The van der Waals surface area contributed by atoms with Crippen molar-refractivity contribution in [1.82, 2.24) is 9.97 Å². The van der Waals surface area contributed by atoms with Gasteiger partial charge in [-0.1, -0.05) is 31.5 Å². The van der Waals surface area contributed by atoms with E-state index in [9.17, 15) is 0 Å². The van der Waals surface area contributed by atoms with Gasteiger partial charge in [0.2, 0.25) is 0 Å². The van der Waals surface area contributed by atoms with Gasteiger partial charge in [0.15, 0.2) is 0 Å². The van der Waals surface area contributed by atoms with Crippen LogP contribution in [-0.4, -0.2) is 9.97 Å². The van der Waals surface area contributed by atoms with Crippen molar-refractivity contribution < 1.29 is 0 Å². The van der Waals surface area contributed by atoms with Crippen molar-refractivity contribution in [3.05, 3.63) is 41.0 Å². The van der Waals surface area contributed by atoms with Crippen LogP contribution in [0.5, 0.6) is 0 Å². The van der Waals surface area contributed by atoms with Crippen LogP contribution >= 0.6 is 11.6 Å². The van der Waals surface area contributed by atoms with Gasteiger partial charge in [0.25, 0.3) is 0 Å². The van der Waals surface area contributed by atoms with Gasteiger partial charge in [-0.15, -0.1) is 0 Å². The molecular weight excluding hydrogens is 232 g/mol. The van der Waals surface area contributed by atoms with Crippen molar-refractivity contribution in [2.45, 2.75) is 19.8 Å². The Labute approximate surface area is 105 Å². The van der Waals surface area contributed by atoms with Crippen LogP contribution in [0.2, 0.25) is 5.02 Å². The minimum atomic E-state index is 0.461. The Bertz CT molecular complexity index is 698. The van der Waals surface area contributed by atoms with Gasteiger partial charge in [0, 0.05) is 17.0 Å². The second kappa shape index (κ2) is 3.74. The number of aromatic nitrogens is 2. The fourth-order valence-corrected chi connectivity index (χ4v) is 2.56. The van der Waals surface area contributed by atoms with Crippen LogP contribution in [0, 0.1) is 0 Å². The lowest BCUT2D eigenvalue weighted by atomic mass is 10.00. The third kappa shape index (κ3) is 1.52. The first-order valence-electron chi connectivity index (χ1n) is 5.73. The van der Waals surface area contributed by atoms with Gasteiger partial charge in [-0.2, -0.15) is 0 Å². The van der Waals surface area contributed by atoms with E-state index in [0.29, 0.717) is 5.92 Å². The highest BCUT2D eigenvalue weighted by molar-refractivity contribution is 6.38. The molecule has 0 aliphatic heterocycles. The van der Waals surface area contributed by atoms with E-state index in [1.54, 1.807) is 6.20 Å². The molecule has 0 saturated carbocycles. The van der Waals surface area contributed by atoms with Crippen molar-refractivity contribution in [3.8, 4) is 0 Å². The number of hydrogen-bond acceptors (Lipinski definition) is 1. The number of H-pyrrole nitrogens is 1. The molecule has 0 amide bonds. The Hall–Kier alpha value is -1.54. The van der Waals surface area contributed by atoms with Gasteiger partial charge < -0.3 is 4.98 Å². The van der Waals surface area contributed by atoms with E-state index in [4.69, 9.17) is 11.6 Å². The van der Waals surface area contributed by atoms with E-state index in [1.165, 1.54) is 5.56 Å². The number of hydrogen-bond donors (Lipinski definition) is 1. The van der Waals surface area contributed by atoms with Gasteiger partial charge in [0.05, 0.1) is 10.5 Å². The third-order valence-corrected chi connectivity index (χ3v) is 3.44. The Morgan fingerprint density at radius 2 is 2.06 bits per heavy atom. The average molecular weight is 245 g/mol. The van der Waals surface area contributed by atoms with Crippen LogP contribution in [-0.2, 0) is 0 Å². The van der Waals surface area contributed by atoms with Crippen LogP contribution in [0.15, 0.2) is 30.5 Å². The molecule has 2 aromatic heterocycles. The third-order valence-electron chi connectivity index (χ3n) is 3.13. The molecule has 1 aromatic carbocycles. The molecule has 0 radical (unpaired) electrons. The normalized spacial score (nSPS) is 11.8. The lowest BCUT2D eigenvalue weighted by molar-refractivity contribution is 0.874. The van der Waals surface area contributed by atoms with Crippen molar-refractivity contribution in [2.24, 2.45) is 0 Å². The second-order valence-corrected chi connectivity index (χ2v) is 4.97. The molecule has 0 aliphatic rings. The van der Waals surface area contributed by atoms with Crippen molar-refractivity contribution in [2.75, 3.05) is 0 Å². The maximum atomic E-state index is 6.31. The predicted molar refractivity (Wildman–Crippen MR) is 72.7 cm³/mol. The number of pyridine rings is 1. The van der Waals surface area contributed by atoms with E-state index in [1.807, 2.05) is 12.1 Å². The summed E-state index contributed by atoms with van der Waals surface area (Å²) in [5, 5.41) is 2.96. The standard InChI is InChI=1S/C14H13ClN2/c1-8(2)9-5-6-11(15)12-10-4-3-7-16-14(10)17-13(9)12/h3-8H,1-2H3,(H,16,17). The first-order valence-corrected chi connectivity index (χ1v) is 6.11. The second-order valence-electron chi connectivity index (χ2n) is 4.57. The molecule has 0 unspecified atom stereocenters. The molecule has 0 saturated heterocycles. The highest BCUT2D eigenvalue weighted by Gasteiger charge is 2.13. The number of nitrogens with zero attached hydrogens (tertiary/aromatic N) is 1. The lowest BCUT2D eigenvalue weighted by Gasteiger charge is -2.07. The Morgan fingerprint density at radius 1 is 1.24 bits per heavy atom. The minimum absolute atomic E-state index is 0.461. The van der Waals surface area contributed by atoms with Gasteiger partial charge in [-0.05, 0) is 29.7 Å². The SMILES string of the molecule is CC(C)c1ccc(Cl)c2c1[nH]c1ncccc12. The van der Waals surface area contributed by atoms with Crippen molar-refractivity contribution >= 4 is 33.5 Å². The Morgan fingerprint density at radius 3 is 2.82 bits per heavy atom. The topological polar surface area (TPSA) is 28.7 Å². The molecular formula is C14H13ClN2. The van der Waals surface area contributed by atoms with E-state index < -0.39 is 0 Å². The number of rotatable bonds is 1. The summed E-state index contributed by atoms with van der Waals surface area (Å²) >= 11 is 6.31. The number of benzene rings is 1. The maximum Gasteiger partial charge on any atom is 0.138 e. The molecule has 0 fully saturated rings. The zero-order valence-corrected chi connectivity index (χ0v) is 10.5. The number of nitrogens with one attached hydrogen (secondary N) is 1. The first kappa shape index (κ1) is 10.6. The first-order chi connectivity index (χ1) is 8.18. The molecule has 1 N–H and O–H groups in total. The number of halogens is 1. The largest absolute Gasteiger partial charge is 0.339 e. The number of fused-ring (bicyclic) bond motifs is 3.